The molecule has 0 N–H and O–H groups in total. The molecule has 0 spiro atoms. The van der Waals surface area contributed by atoms with Crippen LogP contribution >= 0.6 is 0 Å². The highest BCUT2D eigenvalue weighted by atomic mass is 32.2. The maximum Gasteiger partial charge on any atom is 0.282 e. The molecule has 1 saturated carbocycles. The van der Waals surface area contributed by atoms with Crippen LogP contribution in [0.25, 0.3) is 0 Å². The van der Waals surface area contributed by atoms with E-state index in [4.69, 9.17) is 9.47 Å². The zero-order valence-corrected chi connectivity index (χ0v) is 17.3. The average Bonchev–Trinajstić information content (AvgIpc) is 2.73. The van der Waals surface area contributed by atoms with E-state index in [1.165, 1.54) is 6.42 Å². The summed E-state index contributed by atoms with van der Waals surface area (Å²) in [5, 5.41) is 0. The predicted molar refractivity (Wildman–Crippen MR) is 106 cm³/mol. The van der Waals surface area contributed by atoms with Gasteiger partial charge in [0.2, 0.25) is 0 Å². The van der Waals surface area contributed by atoms with Gasteiger partial charge >= 0.3 is 0 Å². The molecule has 1 aromatic carbocycles. The second kappa shape index (κ2) is 9.26. The third-order valence-corrected chi connectivity index (χ3v) is 7.74. The summed E-state index contributed by atoms with van der Waals surface area (Å²) in [6.07, 6.45) is 8.31. The van der Waals surface area contributed by atoms with Gasteiger partial charge in [-0.2, -0.15) is 17.0 Å². The number of ether oxygens (including phenoxy) is 2. The summed E-state index contributed by atoms with van der Waals surface area (Å²) >= 11 is 0. The van der Waals surface area contributed by atoms with E-state index in [1.807, 2.05) is 18.2 Å². The van der Waals surface area contributed by atoms with E-state index >= 15 is 0 Å². The number of hydrogen-bond donors (Lipinski definition) is 0. The Hall–Kier alpha value is -1.31. The minimum atomic E-state index is -3.46. The van der Waals surface area contributed by atoms with Crippen molar-refractivity contribution in [3.05, 3.63) is 23.8 Å². The molecule has 27 heavy (non-hydrogen) atoms. The Morgan fingerprint density at radius 1 is 0.963 bits per heavy atom. The van der Waals surface area contributed by atoms with E-state index in [9.17, 15) is 8.42 Å². The molecule has 7 heteroatoms. The molecule has 1 aliphatic heterocycles. The average molecular weight is 397 g/mol. The Bertz CT molecular complexity index is 711. The summed E-state index contributed by atoms with van der Waals surface area (Å²) in [6.45, 7) is 1.65. The van der Waals surface area contributed by atoms with Crippen LogP contribution in [0, 0.1) is 0 Å². The van der Waals surface area contributed by atoms with E-state index in [0.29, 0.717) is 31.1 Å². The van der Waals surface area contributed by atoms with Crippen LogP contribution in [0.3, 0.4) is 0 Å². The SMILES string of the molecule is COc1ccc(CN(C2CCCCC2)S(=O)(=O)N2CCCCC2)cc1OC. The molecule has 0 amide bonds. The summed E-state index contributed by atoms with van der Waals surface area (Å²) in [7, 11) is -0.257. The van der Waals surface area contributed by atoms with E-state index in [1.54, 1.807) is 22.8 Å². The normalized spacial score (nSPS) is 20.0. The second-order valence-electron chi connectivity index (χ2n) is 7.49. The first-order chi connectivity index (χ1) is 13.1. The van der Waals surface area contributed by atoms with Crippen LogP contribution in [0.15, 0.2) is 18.2 Å². The third kappa shape index (κ3) is 4.76. The molecule has 2 aliphatic rings. The monoisotopic (exact) mass is 396 g/mol. The van der Waals surface area contributed by atoms with Gasteiger partial charge in [0.05, 0.1) is 14.2 Å². The Balaban J connectivity index is 1.88. The maximum absolute atomic E-state index is 13.5. The molecular weight excluding hydrogens is 364 g/mol. The smallest absolute Gasteiger partial charge is 0.282 e. The zero-order valence-electron chi connectivity index (χ0n) is 16.5. The van der Waals surface area contributed by atoms with Crippen molar-refractivity contribution in [1.82, 2.24) is 8.61 Å². The molecule has 152 valence electrons. The molecule has 0 aromatic heterocycles. The number of hydrogen-bond acceptors (Lipinski definition) is 4. The quantitative estimate of drug-likeness (QED) is 0.707. The van der Waals surface area contributed by atoms with Crippen molar-refractivity contribution in [2.75, 3.05) is 27.3 Å². The number of nitrogens with zero attached hydrogens (tertiary/aromatic N) is 2. The summed E-state index contributed by atoms with van der Waals surface area (Å²) < 4.78 is 41.1. The number of benzene rings is 1. The van der Waals surface area contributed by atoms with Gasteiger partial charge in [-0.1, -0.05) is 31.7 Å². The second-order valence-corrected chi connectivity index (χ2v) is 9.37. The zero-order chi connectivity index (χ0) is 19.3. The van der Waals surface area contributed by atoms with E-state index < -0.39 is 10.2 Å². The molecule has 0 bridgehead atoms. The number of piperidine rings is 1. The summed E-state index contributed by atoms with van der Waals surface area (Å²) in [6, 6.07) is 5.75. The highest BCUT2D eigenvalue weighted by Crippen LogP contribution is 2.32. The van der Waals surface area contributed by atoms with Gasteiger partial charge in [0, 0.05) is 25.7 Å². The number of rotatable bonds is 7. The van der Waals surface area contributed by atoms with Crippen LogP contribution in [-0.4, -0.2) is 50.4 Å². The molecule has 6 nitrogen and oxygen atoms in total. The molecule has 1 aromatic rings. The van der Waals surface area contributed by atoms with Gasteiger partial charge in [-0.25, -0.2) is 0 Å². The lowest BCUT2D eigenvalue weighted by Crippen LogP contribution is -2.50. The fourth-order valence-corrected chi connectivity index (χ4v) is 6.09. The van der Waals surface area contributed by atoms with Crippen molar-refractivity contribution in [1.29, 1.82) is 0 Å². The van der Waals surface area contributed by atoms with Crippen molar-refractivity contribution in [2.24, 2.45) is 0 Å². The fourth-order valence-electron chi connectivity index (χ4n) is 4.17. The third-order valence-electron chi connectivity index (χ3n) is 5.71. The lowest BCUT2D eigenvalue weighted by atomic mass is 9.95. The minimum absolute atomic E-state index is 0.0822. The van der Waals surface area contributed by atoms with Gasteiger partial charge < -0.3 is 9.47 Å². The molecule has 1 aliphatic carbocycles. The van der Waals surface area contributed by atoms with Crippen LogP contribution in [0.4, 0.5) is 0 Å². The Labute approximate surface area is 163 Å². The van der Waals surface area contributed by atoms with E-state index in [-0.39, 0.29) is 6.04 Å². The molecule has 1 saturated heterocycles. The van der Waals surface area contributed by atoms with Crippen LogP contribution in [0.5, 0.6) is 11.5 Å². The van der Waals surface area contributed by atoms with Gasteiger partial charge in [-0.05, 0) is 43.4 Å². The van der Waals surface area contributed by atoms with Gasteiger partial charge in [-0.3, -0.25) is 0 Å². The Kier molecular flexibility index (Phi) is 7.00. The van der Waals surface area contributed by atoms with Gasteiger partial charge in [0.1, 0.15) is 0 Å². The number of methoxy groups -OCH3 is 2. The lowest BCUT2D eigenvalue weighted by molar-refractivity contribution is 0.221. The summed E-state index contributed by atoms with van der Waals surface area (Å²) in [5.74, 6) is 1.29. The highest BCUT2D eigenvalue weighted by Gasteiger charge is 2.36. The Morgan fingerprint density at radius 3 is 2.22 bits per heavy atom. The highest BCUT2D eigenvalue weighted by molar-refractivity contribution is 7.86. The van der Waals surface area contributed by atoms with Crippen molar-refractivity contribution in [2.45, 2.75) is 64.0 Å². The largest absolute Gasteiger partial charge is 0.493 e. The van der Waals surface area contributed by atoms with Crippen molar-refractivity contribution >= 4 is 10.2 Å². The molecule has 0 atom stereocenters. The molecule has 1 heterocycles. The molecule has 3 rings (SSSR count). The first-order valence-corrected chi connectivity index (χ1v) is 11.4. The predicted octanol–water partition coefficient (Wildman–Crippen LogP) is 3.57. The summed E-state index contributed by atoms with van der Waals surface area (Å²) in [4.78, 5) is 0. The lowest BCUT2D eigenvalue weighted by Gasteiger charge is -2.38. The van der Waals surface area contributed by atoms with Gasteiger partial charge in [0.15, 0.2) is 11.5 Å². The van der Waals surface area contributed by atoms with Crippen LogP contribution in [-0.2, 0) is 16.8 Å². The van der Waals surface area contributed by atoms with Crippen LogP contribution < -0.4 is 9.47 Å². The minimum Gasteiger partial charge on any atom is -0.493 e. The molecule has 0 unspecified atom stereocenters. The van der Waals surface area contributed by atoms with Crippen molar-refractivity contribution in [3.63, 3.8) is 0 Å². The molecular formula is C20H32N2O4S. The Morgan fingerprint density at radius 2 is 1.59 bits per heavy atom. The fraction of sp³-hybridized carbons (Fsp3) is 0.700. The summed E-state index contributed by atoms with van der Waals surface area (Å²) in [5.41, 5.74) is 0.929. The molecule has 2 fully saturated rings. The van der Waals surface area contributed by atoms with Crippen LogP contribution in [0.1, 0.15) is 56.9 Å². The van der Waals surface area contributed by atoms with E-state index in [2.05, 4.69) is 0 Å². The topological polar surface area (TPSA) is 59.1 Å². The van der Waals surface area contributed by atoms with Gasteiger partial charge in [-0.15, -0.1) is 0 Å². The van der Waals surface area contributed by atoms with E-state index in [0.717, 1.165) is 50.5 Å². The first-order valence-electron chi connectivity index (χ1n) is 10.0. The standard InChI is InChI=1S/C20H32N2O4S/c1-25-19-12-11-17(15-20(19)26-2)16-22(18-9-5-3-6-10-18)27(23,24)21-13-7-4-8-14-21/h11-12,15,18H,3-10,13-14,16H2,1-2H3. The van der Waals surface area contributed by atoms with Crippen LogP contribution in [0.2, 0.25) is 0 Å². The molecule has 0 radical (unpaired) electrons. The first kappa shape index (κ1) is 20.4. The van der Waals surface area contributed by atoms with Crippen molar-refractivity contribution in [3.8, 4) is 11.5 Å². The van der Waals surface area contributed by atoms with Gasteiger partial charge in [0.25, 0.3) is 10.2 Å². The van der Waals surface area contributed by atoms with Crippen molar-refractivity contribution < 1.29 is 17.9 Å². The maximum atomic E-state index is 13.5.